The molecule has 7 nitrogen and oxygen atoms in total. The van der Waals surface area contributed by atoms with Crippen LogP contribution in [0.1, 0.15) is 60.5 Å². The number of para-hydroxylation sites is 1. The first-order valence-corrected chi connectivity index (χ1v) is 10.2. The summed E-state index contributed by atoms with van der Waals surface area (Å²) in [6.45, 7) is 12.5. The number of carbonyl (C=O) groups is 3. The number of carbonyl (C=O) groups excluding carboxylic acids is 3. The number of rotatable bonds is 5. The third-order valence-electron chi connectivity index (χ3n) is 3.96. The van der Waals surface area contributed by atoms with Gasteiger partial charge in [-0.1, -0.05) is 18.2 Å². The summed E-state index contributed by atoms with van der Waals surface area (Å²) in [5, 5.41) is 0.736. The second-order valence-electron chi connectivity index (χ2n) is 9.11. The highest BCUT2D eigenvalue weighted by atomic mass is 16.6. The Morgan fingerprint density at radius 3 is 2.16 bits per heavy atom. The summed E-state index contributed by atoms with van der Waals surface area (Å²) in [6.07, 6.45) is 2.37. The van der Waals surface area contributed by atoms with E-state index in [2.05, 4.69) is 0 Å². The van der Waals surface area contributed by atoms with Crippen molar-refractivity contribution in [2.45, 2.75) is 66.1 Å². The zero-order chi connectivity index (χ0) is 23.4. The molecule has 2 aromatic rings. The molecule has 7 heteroatoms. The van der Waals surface area contributed by atoms with Crippen molar-refractivity contribution < 1.29 is 28.6 Å². The molecule has 0 aliphatic carbocycles. The van der Waals surface area contributed by atoms with Gasteiger partial charge in [0.1, 0.15) is 11.2 Å². The molecule has 2 rings (SSSR count). The standard InChI is InChI=1S/C24H31NO6/c1-8-29-21(27)16(14-20(26)30-23(2,3)4)13-17-15-25(22(28)31-24(5,6)7)19-12-10-9-11-18(17)19/h9-13,15H,8,14H2,1-7H3/b16-13+. The van der Waals surface area contributed by atoms with Crippen molar-refractivity contribution in [1.82, 2.24) is 4.57 Å². The van der Waals surface area contributed by atoms with Crippen molar-refractivity contribution in [2.24, 2.45) is 0 Å². The number of benzene rings is 1. The van der Waals surface area contributed by atoms with Crippen molar-refractivity contribution in [3.8, 4) is 0 Å². The Bertz CT molecular complexity index is 1000. The topological polar surface area (TPSA) is 83.8 Å². The van der Waals surface area contributed by atoms with Gasteiger partial charge in [-0.25, -0.2) is 9.59 Å². The Hall–Kier alpha value is -3.09. The number of hydrogen-bond donors (Lipinski definition) is 0. The lowest BCUT2D eigenvalue weighted by Gasteiger charge is -2.20. The number of fused-ring (bicyclic) bond motifs is 1. The molecule has 1 aromatic carbocycles. The van der Waals surface area contributed by atoms with Crippen molar-refractivity contribution >= 4 is 35.0 Å². The fourth-order valence-electron chi connectivity index (χ4n) is 2.91. The van der Waals surface area contributed by atoms with E-state index in [0.717, 1.165) is 5.39 Å². The highest BCUT2D eigenvalue weighted by molar-refractivity contribution is 6.02. The maximum atomic E-state index is 12.7. The quantitative estimate of drug-likeness (QED) is 0.373. The van der Waals surface area contributed by atoms with Gasteiger partial charge in [-0.15, -0.1) is 0 Å². The molecule has 0 unspecified atom stereocenters. The number of ether oxygens (including phenoxy) is 3. The first-order valence-electron chi connectivity index (χ1n) is 10.2. The predicted molar refractivity (Wildman–Crippen MR) is 119 cm³/mol. The minimum atomic E-state index is -0.677. The summed E-state index contributed by atoms with van der Waals surface area (Å²) in [5.41, 5.74) is 0.0224. The zero-order valence-electron chi connectivity index (χ0n) is 19.3. The molecule has 0 N–H and O–H groups in total. The van der Waals surface area contributed by atoms with Crippen LogP contribution in [-0.4, -0.2) is 40.4 Å². The lowest BCUT2D eigenvalue weighted by Crippen LogP contribution is -2.26. The van der Waals surface area contributed by atoms with Gasteiger partial charge in [0.15, 0.2) is 0 Å². The van der Waals surface area contributed by atoms with Gasteiger partial charge in [0.25, 0.3) is 0 Å². The van der Waals surface area contributed by atoms with E-state index in [1.807, 2.05) is 18.2 Å². The Morgan fingerprint density at radius 2 is 1.58 bits per heavy atom. The number of aromatic nitrogens is 1. The van der Waals surface area contributed by atoms with Crippen molar-refractivity contribution in [1.29, 1.82) is 0 Å². The van der Waals surface area contributed by atoms with Crippen molar-refractivity contribution in [3.05, 3.63) is 41.6 Å². The second kappa shape index (κ2) is 9.37. The molecule has 1 heterocycles. The van der Waals surface area contributed by atoms with Crippen LogP contribution >= 0.6 is 0 Å². The fraction of sp³-hybridized carbons (Fsp3) is 0.458. The SMILES string of the molecule is CCOC(=O)/C(=C/c1cn(C(=O)OC(C)(C)C)c2ccccc12)CC(=O)OC(C)(C)C. The minimum Gasteiger partial charge on any atom is -0.463 e. The Morgan fingerprint density at radius 1 is 0.968 bits per heavy atom. The summed E-state index contributed by atoms with van der Waals surface area (Å²) in [5.74, 6) is -1.15. The van der Waals surface area contributed by atoms with Gasteiger partial charge in [0.2, 0.25) is 0 Å². The number of hydrogen-bond acceptors (Lipinski definition) is 6. The average molecular weight is 430 g/mol. The zero-order valence-corrected chi connectivity index (χ0v) is 19.3. The summed E-state index contributed by atoms with van der Waals surface area (Å²) in [6, 6.07) is 7.26. The van der Waals surface area contributed by atoms with E-state index in [1.54, 1.807) is 66.8 Å². The van der Waals surface area contributed by atoms with E-state index in [4.69, 9.17) is 14.2 Å². The largest absolute Gasteiger partial charge is 0.463 e. The number of esters is 2. The summed E-state index contributed by atoms with van der Waals surface area (Å²) in [4.78, 5) is 37.6. The van der Waals surface area contributed by atoms with Crippen LogP contribution in [0.5, 0.6) is 0 Å². The lowest BCUT2D eigenvalue weighted by molar-refractivity contribution is -0.155. The molecule has 0 aliphatic heterocycles. The summed E-state index contributed by atoms with van der Waals surface area (Å²) >= 11 is 0. The molecule has 0 radical (unpaired) electrons. The van der Waals surface area contributed by atoms with Crippen LogP contribution in [0.15, 0.2) is 36.0 Å². The average Bonchev–Trinajstić information content (AvgIpc) is 2.97. The van der Waals surface area contributed by atoms with Gasteiger partial charge < -0.3 is 14.2 Å². The molecular formula is C24H31NO6. The van der Waals surface area contributed by atoms with E-state index >= 15 is 0 Å². The Balaban J connectivity index is 2.51. The van der Waals surface area contributed by atoms with E-state index < -0.39 is 29.2 Å². The van der Waals surface area contributed by atoms with E-state index in [1.165, 1.54) is 4.57 Å². The molecule has 31 heavy (non-hydrogen) atoms. The van der Waals surface area contributed by atoms with Crippen LogP contribution in [0.2, 0.25) is 0 Å². The molecule has 0 fully saturated rings. The van der Waals surface area contributed by atoms with Crippen LogP contribution in [0, 0.1) is 0 Å². The highest BCUT2D eigenvalue weighted by Crippen LogP contribution is 2.26. The molecule has 0 atom stereocenters. The molecule has 168 valence electrons. The molecule has 1 aromatic heterocycles. The maximum Gasteiger partial charge on any atom is 0.419 e. The summed E-state index contributed by atoms with van der Waals surface area (Å²) in [7, 11) is 0. The van der Waals surface area contributed by atoms with E-state index in [9.17, 15) is 14.4 Å². The van der Waals surface area contributed by atoms with E-state index in [-0.39, 0.29) is 18.6 Å². The van der Waals surface area contributed by atoms with Crippen LogP contribution in [0.4, 0.5) is 4.79 Å². The molecule has 0 aliphatic rings. The van der Waals surface area contributed by atoms with Gasteiger partial charge in [-0.3, -0.25) is 9.36 Å². The first kappa shape index (κ1) is 24.2. The van der Waals surface area contributed by atoms with Gasteiger partial charge >= 0.3 is 18.0 Å². The van der Waals surface area contributed by atoms with Gasteiger partial charge in [-0.2, -0.15) is 0 Å². The van der Waals surface area contributed by atoms with Crippen molar-refractivity contribution in [3.63, 3.8) is 0 Å². The van der Waals surface area contributed by atoms with Crippen LogP contribution in [0.25, 0.3) is 17.0 Å². The lowest BCUT2D eigenvalue weighted by atomic mass is 10.1. The molecule has 0 spiro atoms. The second-order valence-corrected chi connectivity index (χ2v) is 9.11. The Labute approximate surface area is 183 Å². The van der Waals surface area contributed by atoms with Crippen LogP contribution in [0.3, 0.4) is 0 Å². The smallest absolute Gasteiger partial charge is 0.419 e. The minimum absolute atomic E-state index is 0.142. The van der Waals surface area contributed by atoms with Crippen LogP contribution < -0.4 is 0 Å². The van der Waals surface area contributed by atoms with Gasteiger partial charge in [0, 0.05) is 22.7 Å². The Kier molecular flexibility index (Phi) is 7.31. The third-order valence-corrected chi connectivity index (χ3v) is 3.96. The molecule has 0 amide bonds. The predicted octanol–water partition coefficient (Wildman–Crippen LogP) is 5.10. The first-order chi connectivity index (χ1) is 14.3. The number of nitrogens with zero attached hydrogens (tertiary/aromatic N) is 1. The van der Waals surface area contributed by atoms with Gasteiger partial charge in [-0.05, 0) is 60.6 Å². The van der Waals surface area contributed by atoms with Gasteiger partial charge in [0.05, 0.1) is 18.5 Å². The molecule has 0 saturated heterocycles. The van der Waals surface area contributed by atoms with E-state index in [0.29, 0.717) is 11.1 Å². The van der Waals surface area contributed by atoms with Crippen LogP contribution in [-0.2, 0) is 23.8 Å². The summed E-state index contributed by atoms with van der Waals surface area (Å²) < 4.78 is 17.4. The molecule has 0 saturated carbocycles. The maximum absolute atomic E-state index is 12.7. The highest BCUT2D eigenvalue weighted by Gasteiger charge is 2.23. The third kappa shape index (κ3) is 6.98. The molecular weight excluding hydrogens is 398 g/mol. The van der Waals surface area contributed by atoms with Crippen molar-refractivity contribution in [2.75, 3.05) is 6.61 Å². The monoisotopic (exact) mass is 429 g/mol. The molecule has 0 bridgehead atoms. The normalized spacial score (nSPS) is 12.5. The fourth-order valence-corrected chi connectivity index (χ4v) is 2.91.